The highest BCUT2D eigenvalue weighted by Gasteiger charge is 2.13. The molecule has 0 saturated heterocycles. The van der Waals surface area contributed by atoms with Crippen molar-refractivity contribution in [1.82, 2.24) is 25.6 Å². The maximum absolute atomic E-state index is 12.5. The summed E-state index contributed by atoms with van der Waals surface area (Å²) in [7, 11) is 0. The number of pyridine rings is 2. The molecule has 3 heterocycles. The van der Waals surface area contributed by atoms with Crippen molar-refractivity contribution in [1.29, 1.82) is 0 Å². The molecule has 152 valence electrons. The zero-order valence-electron chi connectivity index (χ0n) is 15.8. The largest absolute Gasteiger partial charge is 0.465 e. The third-order valence-corrected chi connectivity index (χ3v) is 4.97. The van der Waals surface area contributed by atoms with Crippen LogP contribution in [-0.2, 0) is 0 Å². The van der Waals surface area contributed by atoms with Gasteiger partial charge in [0.25, 0.3) is 5.91 Å². The monoisotopic (exact) mass is 423 g/mol. The van der Waals surface area contributed by atoms with E-state index in [4.69, 9.17) is 16.7 Å². The van der Waals surface area contributed by atoms with Crippen LogP contribution in [-0.4, -0.2) is 45.1 Å². The average molecular weight is 424 g/mol. The van der Waals surface area contributed by atoms with Crippen molar-refractivity contribution >= 4 is 45.5 Å². The van der Waals surface area contributed by atoms with Gasteiger partial charge in [-0.1, -0.05) is 17.7 Å². The number of carboxylic acid groups (broad SMARTS) is 1. The number of benzene rings is 1. The molecule has 0 radical (unpaired) electrons. The van der Waals surface area contributed by atoms with Gasteiger partial charge in [0, 0.05) is 48.0 Å². The summed E-state index contributed by atoms with van der Waals surface area (Å²) in [5.74, 6) is -0.271. The molecule has 0 aliphatic rings. The highest BCUT2D eigenvalue weighted by Crippen LogP contribution is 2.33. The zero-order valence-corrected chi connectivity index (χ0v) is 16.5. The fourth-order valence-electron chi connectivity index (χ4n) is 3.26. The SMILES string of the molecule is O=C(O)NCCCNC(=O)c1cnc2[nH]cc(-c3cc(Cl)c4ncccc4c3)c2c1. The van der Waals surface area contributed by atoms with Gasteiger partial charge in [0.05, 0.1) is 16.1 Å². The zero-order chi connectivity index (χ0) is 21.1. The Morgan fingerprint density at radius 1 is 1.13 bits per heavy atom. The quantitative estimate of drug-likeness (QED) is 0.351. The van der Waals surface area contributed by atoms with Crippen molar-refractivity contribution in [2.24, 2.45) is 0 Å². The molecule has 0 bridgehead atoms. The second-order valence-electron chi connectivity index (χ2n) is 6.70. The first-order valence-corrected chi connectivity index (χ1v) is 9.67. The molecule has 3 aromatic heterocycles. The molecule has 0 saturated carbocycles. The molecule has 0 atom stereocenters. The van der Waals surface area contributed by atoms with Gasteiger partial charge in [-0.15, -0.1) is 0 Å². The van der Waals surface area contributed by atoms with Crippen LogP contribution < -0.4 is 10.6 Å². The first-order chi connectivity index (χ1) is 14.5. The van der Waals surface area contributed by atoms with E-state index in [0.29, 0.717) is 29.2 Å². The predicted molar refractivity (Wildman–Crippen MR) is 115 cm³/mol. The Bertz CT molecular complexity index is 1250. The van der Waals surface area contributed by atoms with E-state index in [1.807, 2.05) is 30.5 Å². The van der Waals surface area contributed by atoms with Crippen LogP contribution in [0, 0.1) is 0 Å². The van der Waals surface area contributed by atoms with Crippen LogP contribution in [0.25, 0.3) is 33.1 Å². The minimum Gasteiger partial charge on any atom is -0.465 e. The first-order valence-electron chi connectivity index (χ1n) is 9.29. The number of nitrogens with one attached hydrogen (secondary N) is 3. The number of aromatic nitrogens is 3. The molecule has 2 amide bonds. The average Bonchev–Trinajstić information content (AvgIpc) is 3.16. The lowest BCUT2D eigenvalue weighted by molar-refractivity contribution is 0.0953. The van der Waals surface area contributed by atoms with Gasteiger partial charge >= 0.3 is 6.09 Å². The predicted octanol–water partition coefficient (Wildman–Crippen LogP) is 3.82. The number of rotatable bonds is 6. The number of amides is 2. The van der Waals surface area contributed by atoms with E-state index in [2.05, 4.69) is 25.6 Å². The van der Waals surface area contributed by atoms with E-state index < -0.39 is 6.09 Å². The van der Waals surface area contributed by atoms with Gasteiger partial charge in [-0.05, 0) is 36.2 Å². The van der Waals surface area contributed by atoms with Crippen LogP contribution in [0.1, 0.15) is 16.8 Å². The third kappa shape index (κ3) is 4.04. The number of hydrogen-bond donors (Lipinski definition) is 4. The van der Waals surface area contributed by atoms with Crippen LogP contribution in [0.4, 0.5) is 4.79 Å². The van der Waals surface area contributed by atoms with E-state index in [1.54, 1.807) is 12.3 Å². The lowest BCUT2D eigenvalue weighted by atomic mass is 10.0. The number of aromatic amines is 1. The van der Waals surface area contributed by atoms with Gasteiger partial charge in [0.1, 0.15) is 5.65 Å². The number of H-pyrrole nitrogens is 1. The van der Waals surface area contributed by atoms with Gasteiger partial charge in [-0.3, -0.25) is 9.78 Å². The molecule has 0 unspecified atom stereocenters. The minimum atomic E-state index is -1.08. The standard InChI is InChI=1S/C21H18ClN5O3/c22-17-9-13(7-12-3-1-4-23-18(12)17)16-11-27-19-15(16)8-14(10-26-19)20(28)24-5-2-6-25-21(29)30/h1,3-4,7-11,25H,2,5-6H2,(H,24,28)(H,26,27)(H,29,30). The van der Waals surface area contributed by atoms with Crippen molar-refractivity contribution in [3.8, 4) is 11.1 Å². The van der Waals surface area contributed by atoms with Gasteiger partial charge in [-0.25, -0.2) is 9.78 Å². The number of hydrogen-bond acceptors (Lipinski definition) is 4. The van der Waals surface area contributed by atoms with Crippen LogP contribution in [0.3, 0.4) is 0 Å². The summed E-state index contributed by atoms with van der Waals surface area (Å²) in [6.07, 6.45) is 4.45. The maximum Gasteiger partial charge on any atom is 0.404 e. The molecule has 0 fully saturated rings. The van der Waals surface area contributed by atoms with Crippen LogP contribution in [0.5, 0.6) is 0 Å². The number of halogens is 1. The van der Waals surface area contributed by atoms with E-state index in [9.17, 15) is 9.59 Å². The van der Waals surface area contributed by atoms with Crippen molar-refractivity contribution < 1.29 is 14.7 Å². The summed E-state index contributed by atoms with van der Waals surface area (Å²) in [5, 5.41) is 15.9. The molecular weight excluding hydrogens is 406 g/mol. The highest BCUT2D eigenvalue weighted by atomic mass is 35.5. The fraction of sp³-hybridized carbons (Fsp3) is 0.143. The van der Waals surface area contributed by atoms with E-state index >= 15 is 0 Å². The van der Waals surface area contributed by atoms with Crippen molar-refractivity contribution in [3.05, 3.63) is 59.5 Å². The summed E-state index contributed by atoms with van der Waals surface area (Å²) < 4.78 is 0. The molecule has 8 nitrogen and oxygen atoms in total. The van der Waals surface area contributed by atoms with Crippen molar-refractivity contribution in [2.45, 2.75) is 6.42 Å². The topological polar surface area (TPSA) is 120 Å². The van der Waals surface area contributed by atoms with Gasteiger partial charge in [-0.2, -0.15) is 0 Å². The Kier molecular flexibility index (Phi) is 5.49. The molecular formula is C21H18ClN5O3. The Morgan fingerprint density at radius 3 is 2.80 bits per heavy atom. The molecule has 1 aromatic carbocycles. The summed E-state index contributed by atoms with van der Waals surface area (Å²) >= 11 is 6.42. The van der Waals surface area contributed by atoms with E-state index in [-0.39, 0.29) is 12.5 Å². The highest BCUT2D eigenvalue weighted by molar-refractivity contribution is 6.35. The molecule has 9 heteroatoms. The van der Waals surface area contributed by atoms with Gasteiger partial charge in [0.2, 0.25) is 0 Å². The summed E-state index contributed by atoms with van der Waals surface area (Å²) in [6.45, 7) is 0.622. The van der Waals surface area contributed by atoms with Gasteiger partial charge in [0.15, 0.2) is 0 Å². The molecule has 4 rings (SSSR count). The number of carbonyl (C=O) groups is 2. The molecule has 0 spiro atoms. The first kappa shape index (κ1) is 19.7. The lowest BCUT2D eigenvalue weighted by Crippen LogP contribution is -2.29. The molecule has 30 heavy (non-hydrogen) atoms. The summed E-state index contributed by atoms with van der Waals surface area (Å²) in [6, 6.07) is 9.43. The van der Waals surface area contributed by atoms with Gasteiger partial charge < -0.3 is 20.7 Å². The van der Waals surface area contributed by atoms with Crippen molar-refractivity contribution in [3.63, 3.8) is 0 Å². The smallest absolute Gasteiger partial charge is 0.404 e. The maximum atomic E-state index is 12.5. The van der Waals surface area contributed by atoms with Crippen LogP contribution in [0.2, 0.25) is 5.02 Å². The van der Waals surface area contributed by atoms with Crippen LogP contribution >= 0.6 is 11.6 Å². The Hall–Kier alpha value is -3.65. The number of nitrogens with zero attached hydrogens (tertiary/aromatic N) is 2. The second-order valence-corrected chi connectivity index (χ2v) is 7.10. The summed E-state index contributed by atoms with van der Waals surface area (Å²) in [5.41, 5.74) is 3.59. The number of fused-ring (bicyclic) bond motifs is 2. The second kappa shape index (κ2) is 8.38. The third-order valence-electron chi connectivity index (χ3n) is 4.68. The Balaban J connectivity index is 1.59. The number of carbonyl (C=O) groups excluding carboxylic acids is 1. The molecule has 4 aromatic rings. The lowest BCUT2D eigenvalue weighted by Gasteiger charge is -2.07. The van der Waals surface area contributed by atoms with E-state index in [1.165, 1.54) is 6.20 Å². The Labute approximate surface area is 176 Å². The molecule has 4 N–H and O–H groups in total. The molecule has 0 aliphatic carbocycles. The van der Waals surface area contributed by atoms with E-state index in [0.717, 1.165) is 27.4 Å². The Morgan fingerprint density at radius 2 is 1.97 bits per heavy atom. The fourth-order valence-corrected chi connectivity index (χ4v) is 3.53. The molecule has 0 aliphatic heterocycles. The van der Waals surface area contributed by atoms with Crippen LogP contribution in [0.15, 0.2) is 48.9 Å². The minimum absolute atomic E-state index is 0.270. The normalized spacial score (nSPS) is 11.0. The summed E-state index contributed by atoms with van der Waals surface area (Å²) in [4.78, 5) is 34.7. The van der Waals surface area contributed by atoms with Crippen molar-refractivity contribution in [2.75, 3.05) is 13.1 Å².